The molecule has 1 spiro atoms. The molecule has 10 heteroatoms. The summed E-state index contributed by atoms with van der Waals surface area (Å²) in [6.45, 7) is 0.603. The molecule has 0 aromatic heterocycles. The molecule has 0 amide bonds. The minimum absolute atomic E-state index is 0.153. The number of carbonyl (C=O) groups is 1. The molecule has 3 heterocycles. The van der Waals surface area contributed by atoms with E-state index in [1.165, 1.54) is 24.3 Å². The molecule has 2 aromatic rings. The third-order valence-electron chi connectivity index (χ3n) is 7.82. The molecule has 3 aliphatic rings. The second kappa shape index (κ2) is 9.53. The van der Waals surface area contributed by atoms with E-state index in [0.717, 1.165) is 56.4 Å². The van der Waals surface area contributed by atoms with Gasteiger partial charge in [0.05, 0.1) is 11.1 Å². The van der Waals surface area contributed by atoms with E-state index < -0.39 is 29.6 Å². The molecular formula is C27H27F6NO3. The second-order valence-electron chi connectivity index (χ2n) is 10.2. The number of hydrogen-bond acceptors (Lipinski definition) is 4. The van der Waals surface area contributed by atoms with Crippen molar-refractivity contribution in [3.63, 3.8) is 0 Å². The maximum atomic E-state index is 13.1. The first-order valence-electron chi connectivity index (χ1n) is 12.4. The highest BCUT2D eigenvalue weighted by Gasteiger charge is 2.52. The fourth-order valence-electron chi connectivity index (χ4n) is 6.05. The number of hydrogen-bond donors (Lipinski definition) is 0. The zero-order chi connectivity index (χ0) is 26.4. The standard InChI is InChI=1S/C27H27F6NO3/c28-26(29,30)18-3-1-17(2-4-18)23(36-22-9-5-19(6-10-22)27(31,32)33)12-14-34-20-7-8-21(34)16-25(15-20)13-11-24(35)37-25/h1-6,9-10,20-21,23H,7-8,11-16H2. The summed E-state index contributed by atoms with van der Waals surface area (Å²) in [5, 5.41) is 0. The van der Waals surface area contributed by atoms with Gasteiger partial charge < -0.3 is 9.47 Å². The molecule has 3 aliphatic heterocycles. The Morgan fingerprint density at radius 3 is 1.92 bits per heavy atom. The van der Waals surface area contributed by atoms with Gasteiger partial charge in [0.2, 0.25) is 0 Å². The van der Waals surface area contributed by atoms with Gasteiger partial charge in [-0.05, 0) is 61.2 Å². The van der Waals surface area contributed by atoms with Crippen LogP contribution in [-0.4, -0.2) is 35.1 Å². The molecule has 3 unspecified atom stereocenters. The number of piperidine rings is 1. The normalized spacial score (nSPS) is 26.9. The fraction of sp³-hybridized carbons (Fsp3) is 0.519. The van der Waals surface area contributed by atoms with Crippen LogP contribution in [0.5, 0.6) is 5.75 Å². The number of carbonyl (C=O) groups excluding carboxylic acids is 1. The van der Waals surface area contributed by atoms with Crippen molar-refractivity contribution in [3.05, 3.63) is 65.2 Å². The van der Waals surface area contributed by atoms with Crippen LogP contribution in [0.1, 0.15) is 67.7 Å². The van der Waals surface area contributed by atoms with Crippen LogP contribution in [0, 0.1) is 0 Å². The minimum Gasteiger partial charge on any atom is -0.486 e. The average molecular weight is 528 g/mol. The van der Waals surface area contributed by atoms with E-state index in [9.17, 15) is 31.1 Å². The molecule has 200 valence electrons. The van der Waals surface area contributed by atoms with Gasteiger partial charge in [-0.25, -0.2) is 0 Å². The van der Waals surface area contributed by atoms with Gasteiger partial charge in [-0.15, -0.1) is 0 Å². The molecular weight excluding hydrogens is 500 g/mol. The Kier molecular flexibility index (Phi) is 6.66. The van der Waals surface area contributed by atoms with Crippen LogP contribution in [0.25, 0.3) is 0 Å². The lowest BCUT2D eigenvalue weighted by Crippen LogP contribution is -2.51. The van der Waals surface area contributed by atoms with Crippen LogP contribution in [0.15, 0.2) is 48.5 Å². The Balaban J connectivity index is 1.32. The zero-order valence-corrected chi connectivity index (χ0v) is 19.9. The van der Waals surface area contributed by atoms with Gasteiger partial charge in [0.15, 0.2) is 0 Å². The molecule has 0 saturated carbocycles. The van der Waals surface area contributed by atoms with Gasteiger partial charge in [-0.1, -0.05) is 12.1 Å². The molecule has 2 aromatic carbocycles. The van der Waals surface area contributed by atoms with Crippen molar-refractivity contribution >= 4 is 5.97 Å². The van der Waals surface area contributed by atoms with Gasteiger partial charge >= 0.3 is 18.3 Å². The van der Waals surface area contributed by atoms with Gasteiger partial charge in [0.25, 0.3) is 0 Å². The Bertz CT molecular complexity index is 1100. The molecule has 2 bridgehead atoms. The Labute approximate surface area is 210 Å². The third-order valence-corrected chi connectivity index (χ3v) is 7.82. The molecule has 0 N–H and O–H groups in total. The number of rotatable bonds is 6. The monoisotopic (exact) mass is 527 g/mol. The van der Waals surface area contributed by atoms with Gasteiger partial charge in [-0.2, -0.15) is 26.3 Å². The summed E-state index contributed by atoms with van der Waals surface area (Å²) in [5.74, 6) is 0.0523. The van der Waals surface area contributed by atoms with Crippen LogP contribution in [-0.2, 0) is 21.9 Å². The van der Waals surface area contributed by atoms with Crippen molar-refractivity contribution in [3.8, 4) is 5.75 Å². The zero-order valence-electron chi connectivity index (χ0n) is 19.9. The summed E-state index contributed by atoms with van der Waals surface area (Å²) in [7, 11) is 0. The summed E-state index contributed by atoms with van der Waals surface area (Å²) in [4.78, 5) is 14.1. The van der Waals surface area contributed by atoms with Crippen LogP contribution in [0.3, 0.4) is 0 Å². The van der Waals surface area contributed by atoms with Crippen LogP contribution >= 0.6 is 0 Å². The highest BCUT2D eigenvalue weighted by Crippen LogP contribution is 2.47. The first-order chi connectivity index (χ1) is 17.4. The predicted molar refractivity (Wildman–Crippen MR) is 122 cm³/mol. The summed E-state index contributed by atoms with van der Waals surface area (Å²) < 4.78 is 89.8. The van der Waals surface area contributed by atoms with Crippen molar-refractivity contribution in [2.24, 2.45) is 0 Å². The summed E-state index contributed by atoms with van der Waals surface area (Å²) in [6.07, 6.45) is -4.51. The van der Waals surface area contributed by atoms with Crippen molar-refractivity contribution in [1.82, 2.24) is 4.90 Å². The first kappa shape index (κ1) is 25.9. The number of halogens is 6. The average Bonchev–Trinajstić information content (AvgIpc) is 3.31. The van der Waals surface area contributed by atoms with E-state index in [1.54, 1.807) is 0 Å². The van der Waals surface area contributed by atoms with Gasteiger partial charge in [0.1, 0.15) is 17.5 Å². The van der Waals surface area contributed by atoms with Gasteiger partial charge in [0, 0.05) is 44.3 Å². The van der Waals surface area contributed by atoms with E-state index in [0.29, 0.717) is 24.9 Å². The molecule has 4 nitrogen and oxygen atoms in total. The maximum Gasteiger partial charge on any atom is 0.416 e. The molecule has 5 rings (SSSR count). The Morgan fingerprint density at radius 2 is 1.43 bits per heavy atom. The summed E-state index contributed by atoms with van der Waals surface area (Å²) in [5.41, 5.74) is -1.46. The molecule has 37 heavy (non-hydrogen) atoms. The van der Waals surface area contributed by atoms with E-state index in [1.807, 2.05) is 0 Å². The molecule has 3 fully saturated rings. The lowest BCUT2D eigenvalue weighted by Gasteiger charge is -2.44. The van der Waals surface area contributed by atoms with E-state index in [4.69, 9.17) is 9.47 Å². The van der Waals surface area contributed by atoms with E-state index in [-0.39, 0.29) is 29.4 Å². The van der Waals surface area contributed by atoms with Crippen molar-refractivity contribution < 1.29 is 40.6 Å². The molecule has 0 aliphatic carbocycles. The molecule has 3 atom stereocenters. The largest absolute Gasteiger partial charge is 0.486 e. The van der Waals surface area contributed by atoms with Crippen LogP contribution in [0.2, 0.25) is 0 Å². The van der Waals surface area contributed by atoms with E-state index in [2.05, 4.69) is 4.90 Å². The number of ether oxygens (including phenoxy) is 2. The fourth-order valence-corrected chi connectivity index (χ4v) is 6.05. The lowest BCUT2D eigenvalue weighted by atomic mass is 9.83. The third kappa shape index (κ3) is 5.58. The first-order valence-corrected chi connectivity index (χ1v) is 12.4. The quantitative estimate of drug-likeness (QED) is 0.302. The maximum absolute atomic E-state index is 13.1. The number of fused-ring (bicyclic) bond motifs is 2. The van der Waals surface area contributed by atoms with Crippen molar-refractivity contribution in [2.45, 2.75) is 81.1 Å². The number of nitrogens with zero attached hydrogens (tertiary/aromatic N) is 1. The highest BCUT2D eigenvalue weighted by molar-refractivity contribution is 5.72. The minimum atomic E-state index is -4.48. The molecule has 3 saturated heterocycles. The lowest BCUT2D eigenvalue weighted by molar-refractivity contribution is -0.154. The van der Waals surface area contributed by atoms with Crippen LogP contribution < -0.4 is 4.74 Å². The van der Waals surface area contributed by atoms with Gasteiger partial charge in [-0.3, -0.25) is 9.69 Å². The van der Waals surface area contributed by atoms with Crippen molar-refractivity contribution in [1.29, 1.82) is 0 Å². The number of benzene rings is 2. The number of esters is 1. The second-order valence-corrected chi connectivity index (χ2v) is 10.2. The SMILES string of the molecule is O=C1CCC2(CC3CCC(C2)N3CCC(Oc2ccc(C(F)(F)F)cc2)c2ccc(C(F)(F)F)cc2)O1. The van der Waals surface area contributed by atoms with Crippen molar-refractivity contribution in [2.75, 3.05) is 6.54 Å². The smallest absolute Gasteiger partial charge is 0.416 e. The Hall–Kier alpha value is -2.75. The van der Waals surface area contributed by atoms with E-state index >= 15 is 0 Å². The molecule has 0 radical (unpaired) electrons. The predicted octanol–water partition coefficient (Wildman–Crippen LogP) is 6.94. The Morgan fingerprint density at radius 1 is 0.892 bits per heavy atom. The highest BCUT2D eigenvalue weighted by atomic mass is 19.4. The topological polar surface area (TPSA) is 38.8 Å². The number of alkyl halides is 6. The van der Waals surface area contributed by atoms with Crippen LogP contribution in [0.4, 0.5) is 26.3 Å². The summed E-state index contributed by atoms with van der Waals surface area (Å²) >= 11 is 0. The summed E-state index contributed by atoms with van der Waals surface area (Å²) in [6, 6.07) is 9.46.